The number of nitrogens with one attached hydrogen (secondary N) is 1. The van der Waals surface area contributed by atoms with Crippen LogP contribution in [0.5, 0.6) is 0 Å². The highest BCUT2D eigenvalue weighted by molar-refractivity contribution is 5.80. The van der Waals surface area contributed by atoms with E-state index in [0.29, 0.717) is 18.6 Å². The van der Waals surface area contributed by atoms with Crippen molar-refractivity contribution in [3.8, 4) is 0 Å². The number of aryl methyl sites for hydroxylation is 1. The fraction of sp³-hybridized carbons (Fsp3) is 0.706. The Morgan fingerprint density at radius 2 is 2.22 bits per heavy atom. The Hall–Kier alpha value is -1.69. The second-order valence-electron chi connectivity index (χ2n) is 6.91. The number of hydrogen-bond donors (Lipinski definition) is 1. The molecule has 124 valence electrons. The molecule has 1 saturated carbocycles. The lowest BCUT2D eigenvalue weighted by atomic mass is 10.0. The Balaban J connectivity index is 1.34. The van der Waals surface area contributed by atoms with Gasteiger partial charge in [-0.25, -0.2) is 9.67 Å². The van der Waals surface area contributed by atoms with Gasteiger partial charge in [-0.2, -0.15) is 5.10 Å². The summed E-state index contributed by atoms with van der Waals surface area (Å²) in [4.78, 5) is 19.1. The Kier molecular flexibility index (Phi) is 4.16. The molecule has 0 bridgehead atoms. The van der Waals surface area contributed by atoms with Crippen LogP contribution in [0.1, 0.15) is 50.8 Å². The molecule has 0 unspecified atom stereocenters. The van der Waals surface area contributed by atoms with Crippen LogP contribution in [-0.4, -0.2) is 44.2 Å². The molecule has 1 atom stereocenters. The molecule has 0 spiro atoms. The second kappa shape index (κ2) is 6.43. The molecule has 0 radical (unpaired) electrons. The number of nitrogens with zero attached hydrogens (tertiary/aromatic N) is 4. The van der Waals surface area contributed by atoms with Gasteiger partial charge in [-0.15, -0.1) is 0 Å². The van der Waals surface area contributed by atoms with Crippen LogP contribution < -0.4 is 5.32 Å². The van der Waals surface area contributed by atoms with Gasteiger partial charge in [-0.1, -0.05) is 6.08 Å². The molecule has 1 fully saturated rings. The summed E-state index contributed by atoms with van der Waals surface area (Å²) in [5, 5.41) is 7.69. The van der Waals surface area contributed by atoms with E-state index in [4.69, 9.17) is 0 Å². The molecule has 23 heavy (non-hydrogen) atoms. The molecule has 0 saturated heterocycles. The normalized spacial score (nSPS) is 24.0. The minimum atomic E-state index is 0.241. The van der Waals surface area contributed by atoms with Crippen LogP contribution in [0.2, 0.25) is 0 Å². The number of fused-ring (bicyclic) bond motifs is 1. The van der Waals surface area contributed by atoms with Crippen molar-refractivity contribution in [1.29, 1.82) is 0 Å². The molecule has 1 amide bonds. The van der Waals surface area contributed by atoms with Crippen LogP contribution in [0.4, 0.5) is 0 Å². The van der Waals surface area contributed by atoms with Gasteiger partial charge in [0, 0.05) is 24.2 Å². The van der Waals surface area contributed by atoms with Crippen molar-refractivity contribution in [3.63, 3.8) is 0 Å². The maximum atomic E-state index is 12.8. The largest absolute Gasteiger partial charge is 0.312 e. The molecule has 2 heterocycles. The molecular weight excluding hydrogens is 290 g/mol. The average molecular weight is 315 g/mol. The fourth-order valence-corrected chi connectivity index (χ4v) is 3.69. The zero-order chi connectivity index (χ0) is 15.6. The van der Waals surface area contributed by atoms with Crippen LogP contribution in [0.25, 0.3) is 0 Å². The monoisotopic (exact) mass is 315 g/mol. The molecule has 3 aliphatic rings. The van der Waals surface area contributed by atoms with Gasteiger partial charge in [-0.05, 0) is 44.9 Å². The predicted molar refractivity (Wildman–Crippen MR) is 86.6 cm³/mol. The molecule has 6 heteroatoms. The van der Waals surface area contributed by atoms with E-state index >= 15 is 0 Å². The number of hydrogen-bond acceptors (Lipinski definition) is 4. The lowest BCUT2D eigenvalue weighted by Crippen LogP contribution is -2.45. The molecule has 6 nitrogen and oxygen atoms in total. The van der Waals surface area contributed by atoms with Crippen LogP contribution in [0, 0.1) is 0 Å². The summed E-state index contributed by atoms with van der Waals surface area (Å²) in [6.45, 7) is 1.25. The molecule has 2 aliphatic carbocycles. The van der Waals surface area contributed by atoms with Gasteiger partial charge in [0.05, 0.1) is 13.1 Å². The molecule has 1 N–H and O–H groups in total. The molecule has 4 rings (SSSR count). The number of allylic oxidation sites excluding steroid dienone is 2. The number of carbonyl (C=O) groups is 1. The lowest BCUT2D eigenvalue weighted by Gasteiger charge is -2.29. The summed E-state index contributed by atoms with van der Waals surface area (Å²) in [7, 11) is 0. The summed E-state index contributed by atoms with van der Waals surface area (Å²) in [6.07, 6.45) is 12.8. The second-order valence-corrected chi connectivity index (χ2v) is 6.91. The highest BCUT2D eigenvalue weighted by atomic mass is 16.2. The number of aromatic nitrogens is 3. The first kappa shape index (κ1) is 14.9. The molecule has 1 aromatic heterocycles. The van der Waals surface area contributed by atoms with Crippen molar-refractivity contribution in [2.24, 2.45) is 0 Å². The summed E-state index contributed by atoms with van der Waals surface area (Å²) in [5.74, 6) is 1.30. The van der Waals surface area contributed by atoms with E-state index in [1.165, 1.54) is 18.5 Å². The van der Waals surface area contributed by atoms with Gasteiger partial charge < -0.3 is 10.2 Å². The van der Waals surface area contributed by atoms with E-state index in [0.717, 1.165) is 50.9 Å². The van der Waals surface area contributed by atoms with Crippen LogP contribution in [0.15, 0.2) is 18.1 Å². The SMILES string of the molecule is O=C(CN[C@@H]1CCc2ncnn2C1)N(C1=CCCCC1)C1CC1. The third kappa shape index (κ3) is 3.32. The van der Waals surface area contributed by atoms with E-state index in [1.807, 2.05) is 4.68 Å². The first-order valence-electron chi connectivity index (χ1n) is 8.92. The van der Waals surface area contributed by atoms with E-state index < -0.39 is 0 Å². The van der Waals surface area contributed by atoms with Gasteiger partial charge in [-0.3, -0.25) is 4.79 Å². The topological polar surface area (TPSA) is 63.1 Å². The van der Waals surface area contributed by atoms with Crippen molar-refractivity contribution in [1.82, 2.24) is 25.0 Å². The van der Waals surface area contributed by atoms with E-state index in [-0.39, 0.29) is 5.91 Å². The van der Waals surface area contributed by atoms with E-state index in [1.54, 1.807) is 6.33 Å². The third-order valence-corrected chi connectivity index (χ3v) is 5.10. The van der Waals surface area contributed by atoms with Crippen LogP contribution in [-0.2, 0) is 17.8 Å². The maximum Gasteiger partial charge on any atom is 0.240 e. The minimum Gasteiger partial charge on any atom is -0.312 e. The highest BCUT2D eigenvalue weighted by Crippen LogP contribution is 2.33. The Morgan fingerprint density at radius 1 is 1.30 bits per heavy atom. The van der Waals surface area contributed by atoms with Gasteiger partial charge in [0.15, 0.2) is 0 Å². The van der Waals surface area contributed by atoms with Crippen molar-refractivity contribution in [2.45, 2.75) is 70.0 Å². The van der Waals surface area contributed by atoms with Crippen LogP contribution >= 0.6 is 0 Å². The standard InChI is InChI=1S/C17H25N5O/c23-17(22(15-7-8-15)14-4-2-1-3-5-14)10-18-13-6-9-16-19-12-20-21(16)11-13/h4,12-13,15,18H,1-3,5-11H2/t13-/m1/s1. The fourth-order valence-electron chi connectivity index (χ4n) is 3.69. The first-order chi connectivity index (χ1) is 11.3. The summed E-state index contributed by atoms with van der Waals surface area (Å²) in [5.41, 5.74) is 1.27. The maximum absolute atomic E-state index is 12.8. The first-order valence-corrected chi connectivity index (χ1v) is 8.92. The molecule has 1 aromatic rings. The number of rotatable bonds is 5. The van der Waals surface area contributed by atoms with Gasteiger partial charge >= 0.3 is 0 Å². The predicted octanol–water partition coefficient (Wildman–Crippen LogP) is 1.63. The minimum absolute atomic E-state index is 0.241. The van der Waals surface area contributed by atoms with Crippen molar-refractivity contribution in [3.05, 3.63) is 23.9 Å². The van der Waals surface area contributed by atoms with Crippen molar-refractivity contribution < 1.29 is 4.79 Å². The Labute approximate surface area is 136 Å². The highest BCUT2D eigenvalue weighted by Gasteiger charge is 2.35. The molecule has 1 aliphatic heterocycles. The number of carbonyl (C=O) groups excluding carboxylic acids is 1. The zero-order valence-electron chi connectivity index (χ0n) is 13.6. The van der Waals surface area contributed by atoms with Gasteiger partial charge in [0.25, 0.3) is 0 Å². The molecule has 0 aromatic carbocycles. The molecular formula is C17H25N5O. The van der Waals surface area contributed by atoms with Crippen LogP contribution in [0.3, 0.4) is 0 Å². The summed E-state index contributed by atoms with van der Waals surface area (Å²) < 4.78 is 1.95. The van der Waals surface area contributed by atoms with Gasteiger partial charge in [0.1, 0.15) is 12.2 Å². The van der Waals surface area contributed by atoms with Gasteiger partial charge in [0.2, 0.25) is 5.91 Å². The third-order valence-electron chi connectivity index (χ3n) is 5.10. The summed E-state index contributed by atoms with van der Waals surface area (Å²) in [6, 6.07) is 0.775. The Morgan fingerprint density at radius 3 is 3.00 bits per heavy atom. The smallest absolute Gasteiger partial charge is 0.240 e. The quantitative estimate of drug-likeness (QED) is 0.897. The van der Waals surface area contributed by atoms with E-state index in [9.17, 15) is 4.79 Å². The average Bonchev–Trinajstić information content (AvgIpc) is 3.30. The summed E-state index contributed by atoms with van der Waals surface area (Å²) >= 11 is 0. The van der Waals surface area contributed by atoms with E-state index in [2.05, 4.69) is 26.4 Å². The Bertz CT molecular complexity index is 604. The lowest BCUT2D eigenvalue weighted by molar-refractivity contribution is -0.129. The number of amides is 1. The van der Waals surface area contributed by atoms with Crippen molar-refractivity contribution >= 4 is 5.91 Å². The van der Waals surface area contributed by atoms with Crippen molar-refractivity contribution in [2.75, 3.05) is 6.54 Å². The zero-order valence-corrected chi connectivity index (χ0v) is 13.6.